The third-order valence-corrected chi connectivity index (χ3v) is 6.01. The van der Waals surface area contributed by atoms with Gasteiger partial charge >= 0.3 is 18.3 Å². The van der Waals surface area contributed by atoms with Gasteiger partial charge in [-0.25, -0.2) is 9.18 Å². The van der Waals surface area contributed by atoms with Gasteiger partial charge in [-0.05, 0) is 29.8 Å². The van der Waals surface area contributed by atoms with Crippen LogP contribution in [0.2, 0.25) is 15.1 Å². The molecule has 4 nitrogen and oxygen atoms in total. The van der Waals surface area contributed by atoms with Crippen molar-refractivity contribution in [1.29, 1.82) is 0 Å². The van der Waals surface area contributed by atoms with Crippen LogP contribution < -0.4 is 0 Å². The number of hydrogen-bond donors (Lipinski definition) is 0. The van der Waals surface area contributed by atoms with Crippen LogP contribution in [0.1, 0.15) is 28.3 Å². The van der Waals surface area contributed by atoms with Gasteiger partial charge in [-0.2, -0.15) is 26.3 Å². The molecule has 0 N–H and O–H groups in total. The molecule has 1 heterocycles. The lowest BCUT2D eigenvalue weighted by molar-refractivity contribution is -0.200. The summed E-state index contributed by atoms with van der Waals surface area (Å²) in [6, 6.07) is 7.07. The van der Waals surface area contributed by atoms with Crippen molar-refractivity contribution in [2.24, 2.45) is 0 Å². The third kappa shape index (κ3) is 6.07. The number of carbonyl (C=O) groups excluding carboxylic acids is 1. The van der Waals surface area contributed by atoms with E-state index in [4.69, 9.17) is 39.3 Å². The van der Waals surface area contributed by atoms with Crippen molar-refractivity contribution in [2.45, 2.75) is 30.9 Å². The van der Waals surface area contributed by atoms with Gasteiger partial charge in [0.2, 0.25) is 0 Å². The Kier molecular flexibility index (Phi) is 8.17. The molecule has 0 spiro atoms. The first-order chi connectivity index (χ1) is 16.6. The molecule has 14 heteroatoms. The molecule has 1 aromatic heterocycles. The first-order valence-electron chi connectivity index (χ1n) is 9.75. The number of benzene rings is 2. The Morgan fingerprint density at radius 3 is 2.11 bits per heavy atom. The van der Waals surface area contributed by atoms with E-state index in [1.54, 1.807) is 0 Å². The van der Waals surface area contributed by atoms with Gasteiger partial charge in [-0.1, -0.05) is 46.0 Å². The van der Waals surface area contributed by atoms with E-state index in [-0.39, 0.29) is 27.6 Å². The van der Waals surface area contributed by atoms with Crippen LogP contribution in [0.5, 0.6) is 0 Å². The smallest absolute Gasteiger partial charge is 0.419 e. The molecule has 2 atom stereocenters. The van der Waals surface area contributed by atoms with Gasteiger partial charge in [0.05, 0.1) is 39.2 Å². The molecular weight excluding hydrogens is 566 g/mol. The fraction of sp³-hybridized carbons (Fsp3) is 0.273. The number of esters is 1. The van der Waals surface area contributed by atoms with Crippen LogP contribution in [0, 0.1) is 0 Å². The lowest BCUT2D eigenvalue weighted by Crippen LogP contribution is -2.31. The highest BCUT2D eigenvalue weighted by Crippen LogP contribution is 2.45. The van der Waals surface area contributed by atoms with Gasteiger partial charge in [-0.3, -0.25) is 0 Å². The number of hydrogen-bond acceptors (Lipinski definition) is 4. The van der Waals surface area contributed by atoms with Gasteiger partial charge in [0.25, 0.3) is 0 Å². The molecule has 0 amide bonds. The van der Waals surface area contributed by atoms with Crippen molar-refractivity contribution in [2.75, 3.05) is 7.11 Å². The van der Waals surface area contributed by atoms with Gasteiger partial charge in [0, 0.05) is 18.1 Å². The third-order valence-electron chi connectivity index (χ3n) is 5.08. The highest BCUT2D eigenvalue weighted by atomic mass is 35.5. The maximum Gasteiger partial charge on any atom is 0.419 e. The number of rotatable bonds is 6. The molecule has 2 aromatic carbocycles. The Morgan fingerprint density at radius 2 is 1.58 bits per heavy atom. The van der Waals surface area contributed by atoms with E-state index in [1.807, 2.05) is 0 Å². The summed E-state index contributed by atoms with van der Waals surface area (Å²) >= 11 is 18.2. The number of nitrogens with zero attached hydrogens (tertiary/aromatic N) is 1. The van der Waals surface area contributed by atoms with E-state index in [9.17, 15) is 35.5 Å². The summed E-state index contributed by atoms with van der Waals surface area (Å²) in [5.74, 6) is -3.63. The van der Waals surface area contributed by atoms with Crippen LogP contribution in [0.25, 0.3) is 22.6 Å². The van der Waals surface area contributed by atoms with Crippen molar-refractivity contribution in [3.8, 4) is 22.6 Å². The quantitative estimate of drug-likeness (QED) is 0.217. The predicted molar refractivity (Wildman–Crippen MR) is 118 cm³/mol. The van der Waals surface area contributed by atoms with Crippen LogP contribution in [0.4, 0.5) is 30.7 Å². The molecule has 0 radical (unpaired) electrons. The largest absolute Gasteiger partial charge is 0.465 e. The van der Waals surface area contributed by atoms with E-state index in [0.29, 0.717) is 5.56 Å². The molecule has 0 bridgehead atoms. The molecule has 3 rings (SSSR count). The second kappa shape index (κ2) is 10.5. The highest BCUT2D eigenvalue weighted by Gasteiger charge is 2.49. The summed E-state index contributed by atoms with van der Waals surface area (Å²) in [5, 5.41) is 3.13. The Labute approximate surface area is 213 Å². The Bertz CT molecular complexity index is 1250. The average molecular weight is 579 g/mol. The molecule has 0 saturated heterocycles. The SMILES string of the molecule is COC(=O)c1cc(-c2cc(-c3c(Cl)cc(C(CC(F)C(F)(F)F)C(F)(F)F)cc3Cl)on2)ccc1Cl. The number of carbonyl (C=O) groups is 1. The maximum atomic E-state index is 13.5. The monoisotopic (exact) mass is 577 g/mol. The van der Waals surface area contributed by atoms with Crippen molar-refractivity contribution < 1.29 is 44.8 Å². The molecular formula is C22H13Cl3F7NO3. The normalized spacial score (nSPS) is 14.0. The molecule has 0 aliphatic rings. The van der Waals surface area contributed by atoms with Crippen LogP contribution in [-0.2, 0) is 4.74 Å². The number of aromatic nitrogens is 1. The lowest BCUT2D eigenvalue weighted by atomic mass is 9.91. The second-order valence-electron chi connectivity index (χ2n) is 7.46. The Balaban J connectivity index is 1.99. The Hall–Kier alpha value is -2.50. The summed E-state index contributed by atoms with van der Waals surface area (Å²) in [4.78, 5) is 11.9. The zero-order chi connectivity index (χ0) is 27.0. The van der Waals surface area contributed by atoms with Crippen molar-refractivity contribution in [1.82, 2.24) is 5.16 Å². The van der Waals surface area contributed by atoms with Crippen LogP contribution >= 0.6 is 34.8 Å². The van der Waals surface area contributed by atoms with E-state index >= 15 is 0 Å². The zero-order valence-electron chi connectivity index (χ0n) is 17.8. The first-order valence-corrected chi connectivity index (χ1v) is 10.9. The van der Waals surface area contributed by atoms with Crippen LogP contribution in [0.3, 0.4) is 0 Å². The number of methoxy groups -OCH3 is 1. The van der Waals surface area contributed by atoms with Gasteiger partial charge in [-0.15, -0.1) is 0 Å². The topological polar surface area (TPSA) is 52.3 Å². The molecule has 36 heavy (non-hydrogen) atoms. The Morgan fingerprint density at radius 1 is 0.972 bits per heavy atom. The van der Waals surface area contributed by atoms with E-state index in [1.165, 1.54) is 24.3 Å². The maximum absolute atomic E-state index is 13.5. The van der Waals surface area contributed by atoms with E-state index < -0.39 is 52.4 Å². The zero-order valence-corrected chi connectivity index (χ0v) is 20.0. The minimum Gasteiger partial charge on any atom is -0.465 e. The average Bonchev–Trinajstić information content (AvgIpc) is 3.24. The molecule has 0 saturated carbocycles. The first kappa shape index (κ1) is 28.1. The summed E-state index contributed by atoms with van der Waals surface area (Å²) in [7, 11) is 1.16. The standard InChI is InChI=1S/C22H13Cl3F7NO3/c1-35-20(34)11-4-9(2-3-13(11)23)16-8-17(36-33-16)19-14(24)5-10(6-15(19)25)12(21(27,28)29)7-18(26)22(30,31)32/h2-6,8,12,18H,7H2,1H3. The molecule has 2 unspecified atom stereocenters. The molecule has 3 aromatic rings. The van der Waals surface area contributed by atoms with Gasteiger partial charge < -0.3 is 9.26 Å². The van der Waals surface area contributed by atoms with Crippen LogP contribution in [0.15, 0.2) is 40.9 Å². The van der Waals surface area contributed by atoms with Gasteiger partial charge in [0.1, 0.15) is 5.69 Å². The fourth-order valence-corrected chi connectivity index (χ4v) is 4.19. The van der Waals surface area contributed by atoms with E-state index in [2.05, 4.69) is 9.89 Å². The summed E-state index contributed by atoms with van der Waals surface area (Å²) in [5.41, 5.74) is -0.298. The lowest BCUT2D eigenvalue weighted by Gasteiger charge is -2.24. The minimum absolute atomic E-state index is 0.0323. The summed E-state index contributed by atoms with van der Waals surface area (Å²) in [6.07, 6.45) is -16.3. The van der Waals surface area contributed by atoms with Crippen LogP contribution in [-0.4, -0.2) is 36.8 Å². The predicted octanol–water partition coefficient (Wildman–Crippen LogP) is 8.69. The molecule has 0 aliphatic carbocycles. The van der Waals surface area contributed by atoms with Crippen molar-refractivity contribution >= 4 is 40.8 Å². The summed E-state index contributed by atoms with van der Waals surface area (Å²) in [6.45, 7) is 0. The second-order valence-corrected chi connectivity index (χ2v) is 8.68. The molecule has 0 aliphatic heterocycles. The fourth-order valence-electron chi connectivity index (χ4n) is 3.31. The van der Waals surface area contributed by atoms with E-state index in [0.717, 1.165) is 19.2 Å². The van der Waals surface area contributed by atoms with Crippen molar-refractivity contribution in [3.63, 3.8) is 0 Å². The molecule has 194 valence electrons. The number of ether oxygens (including phenoxy) is 1. The number of halogens is 10. The summed E-state index contributed by atoms with van der Waals surface area (Å²) < 4.78 is 101. The number of alkyl halides is 7. The molecule has 0 fully saturated rings. The van der Waals surface area contributed by atoms with Crippen molar-refractivity contribution in [3.05, 3.63) is 62.6 Å². The van der Waals surface area contributed by atoms with Gasteiger partial charge in [0.15, 0.2) is 11.9 Å². The highest BCUT2D eigenvalue weighted by molar-refractivity contribution is 6.39. The minimum atomic E-state index is -5.47.